The number of rotatable bonds is 2. The fraction of sp³-hybridized carbons (Fsp3) is 0.500. The highest BCUT2D eigenvalue weighted by atomic mass is 19.1. The van der Waals surface area contributed by atoms with Crippen LogP contribution in [0.25, 0.3) is 0 Å². The van der Waals surface area contributed by atoms with Crippen molar-refractivity contribution in [3.63, 3.8) is 0 Å². The Morgan fingerprint density at radius 2 is 1.56 bits per heavy atom. The van der Waals surface area contributed by atoms with Crippen LogP contribution in [0.4, 0.5) is 13.2 Å². The molecular formula is C12H14F3N. The summed E-state index contributed by atoms with van der Waals surface area (Å²) in [6, 6.07) is 0.712. The molecule has 0 spiro atoms. The van der Waals surface area contributed by atoms with Crippen LogP contribution in [0.2, 0.25) is 0 Å². The van der Waals surface area contributed by atoms with Crippen LogP contribution < -0.4 is 5.73 Å². The van der Waals surface area contributed by atoms with Crippen LogP contribution >= 0.6 is 0 Å². The topological polar surface area (TPSA) is 26.0 Å². The van der Waals surface area contributed by atoms with Gasteiger partial charge in [-0.05, 0) is 18.8 Å². The molecule has 1 aliphatic rings. The molecule has 88 valence electrons. The minimum Gasteiger partial charge on any atom is -0.324 e. The van der Waals surface area contributed by atoms with E-state index in [1.54, 1.807) is 0 Å². The maximum atomic E-state index is 13.5. The first kappa shape index (κ1) is 11.5. The van der Waals surface area contributed by atoms with E-state index in [0.29, 0.717) is 12.1 Å². The second-order valence-corrected chi connectivity index (χ2v) is 4.35. The summed E-state index contributed by atoms with van der Waals surface area (Å²) in [4.78, 5) is 0. The van der Waals surface area contributed by atoms with Gasteiger partial charge in [0.15, 0.2) is 0 Å². The molecule has 0 unspecified atom stereocenters. The van der Waals surface area contributed by atoms with Crippen molar-refractivity contribution in [2.75, 3.05) is 0 Å². The van der Waals surface area contributed by atoms with E-state index in [1.807, 2.05) is 0 Å². The highest BCUT2D eigenvalue weighted by molar-refractivity contribution is 5.24. The quantitative estimate of drug-likeness (QED) is 0.827. The fourth-order valence-corrected chi connectivity index (χ4v) is 2.42. The van der Waals surface area contributed by atoms with Crippen molar-refractivity contribution in [3.8, 4) is 0 Å². The molecular weight excluding hydrogens is 215 g/mol. The Bertz CT molecular complexity index is 363. The number of hydrogen-bond acceptors (Lipinski definition) is 1. The molecule has 0 aliphatic heterocycles. The largest absolute Gasteiger partial charge is 0.324 e. The second-order valence-electron chi connectivity index (χ2n) is 4.35. The highest BCUT2D eigenvalue weighted by Crippen LogP contribution is 2.36. The zero-order valence-corrected chi connectivity index (χ0v) is 8.85. The number of nitrogens with two attached hydrogens (primary N) is 1. The van der Waals surface area contributed by atoms with Crippen molar-refractivity contribution in [3.05, 3.63) is 35.1 Å². The van der Waals surface area contributed by atoms with E-state index >= 15 is 0 Å². The minimum absolute atomic E-state index is 0.106. The summed E-state index contributed by atoms with van der Waals surface area (Å²) in [5.74, 6) is -2.55. The summed E-state index contributed by atoms with van der Waals surface area (Å²) in [6.45, 7) is 0. The normalized spacial score (nSPS) is 19.0. The van der Waals surface area contributed by atoms with E-state index in [1.165, 1.54) is 0 Å². The molecule has 1 aromatic carbocycles. The second kappa shape index (κ2) is 4.45. The standard InChI is InChI=1S/C12H14F3N/c13-8-5-9(14)11(10(15)6-8)12(16)7-3-1-2-4-7/h5-7,12H,1-4,16H2/t12-/m1/s1. The molecule has 1 aliphatic carbocycles. The predicted octanol–water partition coefficient (Wildman–Crippen LogP) is 3.29. The van der Waals surface area contributed by atoms with Crippen LogP contribution in [0.5, 0.6) is 0 Å². The molecule has 16 heavy (non-hydrogen) atoms. The van der Waals surface area contributed by atoms with E-state index in [2.05, 4.69) is 0 Å². The zero-order valence-electron chi connectivity index (χ0n) is 8.85. The summed E-state index contributed by atoms with van der Waals surface area (Å²) < 4.78 is 39.6. The molecule has 0 radical (unpaired) electrons. The molecule has 1 saturated carbocycles. The lowest BCUT2D eigenvalue weighted by Gasteiger charge is -2.20. The average Bonchev–Trinajstić information content (AvgIpc) is 2.67. The van der Waals surface area contributed by atoms with Crippen molar-refractivity contribution in [1.29, 1.82) is 0 Å². The predicted molar refractivity (Wildman–Crippen MR) is 55.2 cm³/mol. The Labute approximate surface area is 92.5 Å². The third-order valence-electron chi connectivity index (χ3n) is 3.28. The van der Waals surface area contributed by atoms with Gasteiger partial charge in [-0.15, -0.1) is 0 Å². The van der Waals surface area contributed by atoms with Gasteiger partial charge in [0.25, 0.3) is 0 Å². The molecule has 0 amide bonds. The summed E-state index contributed by atoms with van der Waals surface area (Å²) in [7, 11) is 0. The van der Waals surface area contributed by atoms with Gasteiger partial charge in [-0.3, -0.25) is 0 Å². The van der Waals surface area contributed by atoms with Crippen molar-refractivity contribution < 1.29 is 13.2 Å². The molecule has 1 nitrogen and oxygen atoms in total. The Morgan fingerprint density at radius 3 is 2.06 bits per heavy atom. The molecule has 1 atom stereocenters. The van der Waals surface area contributed by atoms with Crippen molar-refractivity contribution in [2.45, 2.75) is 31.7 Å². The van der Waals surface area contributed by atoms with Gasteiger partial charge in [-0.2, -0.15) is 0 Å². The van der Waals surface area contributed by atoms with E-state index < -0.39 is 23.5 Å². The van der Waals surface area contributed by atoms with Gasteiger partial charge in [0.05, 0.1) is 0 Å². The van der Waals surface area contributed by atoms with Crippen LogP contribution in [-0.4, -0.2) is 0 Å². The van der Waals surface area contributed by atoms with Gasteiger partial charge >= 0.3 is 0 Å². The Kier molecular flexibility index (Phi) is 3.19. The summed E-state index contributed by atoms with van der Waals surface area (Å²) in [6.07, 6.45) is 3.86. The van der Waals surface area contributed by atoms with Crippen molar-refractivity contribution >= 4 is 0 Å². The zero-order chi connectivity index (χ0) is 11.7. The molecule has 0 heterocycles. The van der Waals surface area contributed by atoms with E-state index in [-0.39, 0.29) is 11.5 Å². The third kappa shape index (κ3) is 2.07. The fourth-order valence-electron chi connectivity index (χ4n) is 2.42. The number of hydrogen-bond donors (Lipinski definition) is 1. The first-order valence-electron chi connectivity index (χ1n) is 5.49. The van der Waals surface area contributed by atoms with Gasteiger partial charge in [0, 0.05) is 23.7 Å². The van der Waals surface area contributed by atoms with E-state index in [4.69, 9.17) is 5.73 Å². The Hall–Kier alpha value is -1.03. The maximum Gasteiger partial charge on any atom is 0.133 e. The van der Waals surface area contributed by atoms with Crippen molar-refractivity contribution in [1.82, 2.24) is 0 Å². The van der Waals surface area contributed by atoms with Gasteiger partial charge in [0.1, 0.15) is 17.5 Å². The van der Waals surface area contributed by atoms with Gasteiger partial charge < -0.3 is 5.73 Å². The smallest absolute Gasteiger partial charge is 0.133 e. The third-order valence-corrected chi connectivity index (χ3v) is 3.28. The van der Waals surface area contributed by atoms with Crippen LogP contribution in [-0.2, 0) is 0 Å². The summed E-state index contributed by atoms with van der Waals surface area (Å²) >= 11 is 0. The van der Waals surface area contributed by atoms with E-state index in [9.17, 15) is 13.2 Å². The summed E-state index contributed by atoms with van der Waals surface area (Å²) in [5.41, 5.74) is 5.68. The first-order valence-corrected chi connectivity index (χ1v) is 5.49. The number of halogens is 3. The highest BCUT2D eigenvalue weighted by Gasteiger charge is 2.28. The van der Waals surface area contributed by atoms with Crippen LogP contribution in [0, 0.1) is 23.4 Å². The average molecular weight is 229 g/mol. The lowest BCUT2D eigenvalue weighted by Crippen LogP contribution is -2.22. The van der Waals surface area contributed by atoms with Crippen LogP contribution in [0.3, 0.4) is 0 Å². The molecule has 1 fully saturated rings. The Morgan fingerprint density at radius 1 is 1.06 bits per heavy atom. The Balaban J connectivity index is 2.31. The van der Waals surface area contributed by atoms with Gasteiger partial charge in [-0.1, -0.05) is 12.8 Å². The molecule has 1 aromatic rings. The maximum absolute atomic E-state index is 13.5. The SMILES string of the molecule is N[C@@H](c1c(F)cc(F)cc1F)C1CCCC1. The van der Waals surface area contributed by atoms with Gasteiger partial charge in [0.2, 0.25) is 0 Å². The molecule has 0 aromatic heterocycles. The summed E-state index contributed by atoms with van der Waals surface area (Å²) in [5, 5.41) is 0. The molecule has 2 rings (SSSR count). The minimum atomic E-state index is -0.905. The first-order chi connectivity index (χ1) is 7.59. The van der Waals surface area contributed by atoms with Gasteiger partial charge in [-0.25, -0.2) is 13.2 Å². The number of benzene rings is 1. The monoisotopic (exact) mass is 229 g/mol. The van der Waals surface area contributed by atoms with Crippen molar-refractivity contribution in [2.24, 2.45) is 11.7 Å². The molecule has 4 heteroatoms. The van der Waals surface area contributed by atoms with Crippen LogP contribution in [0.1, 0.15) is 37.3 Å². The molecule has 0 saturated heterocycles. The lowest BCUT2D eigenvalue weighted by atomic mass is 9.92. The molecule has 2 N–H and O–H groups in total. The van der Waals surface area contributed by atoms with E-state index in [0.717, 1.165) is 25.7 Å². The van der Waals surface area contributed by atoms with Crippen LogP contribution in [0.15, 0.2) is 12.1 Å². The lowest BCUT2D eigenvalue weighted by molar-refractivity contribution is 0.406. The molecule has 0 bridgehead atoms.